The summed E-state index contributed by atoms with van der Waals surface area (Å²) in [5.74, 6) is -7.73. The van der Waals surface area contributed by atoms with Gasteiger partial charge in [-0.05, 0) is 64.0 Å². The van der Waals surface area contributed by atoms with Crippen molar-refractivity contribution in [2.24, 2.45) is 23.7 Å². The van der Waals surface area contributed by atoms with Gasteiger partial charge in [-0.1, -0.05) is 82.3 Å². The molecular formula is C60H93ClO19. The molecule has 23 unspecified atom stereocenters. The topological polar surface area (TPSA) is 279 Å². The lowest BCUT2D eigenvalue weighted by atomic mass is 9.78. The van der Waals surface area contributed by atoms with Gasteiger partial charge in [0.25, 0.3) is 0 Å². The van der Waals surface area contributed by atoms with Crippen LogP contribution in [-0.4, -0.2) is 187 Å². The standard InChI is InChI=1S/C60H93ClO19/c1-10-11-12-13-14-49-36(5)48(66)30-60(71,80-49)56(69)55-38(7)54(52(68)50(75-55)20-33(2)19-40(62)16-15-34(3)61)76-51(67)25-43-22-42(64)27-59(78-43)32-57(8,70)28-46(79-59)21-39-31-73-53(35(39)4)37(6)47(65)24-44-23-45(72-9)29-58(77-44)26-41(63)17-18-74-58/h10-11,15-16,21,35-38,40-46,48-50,52-56,62-64,66,68-71H,2-3,12-14,17-20,22-32H2,1,4-9H3/b11-10+,16-15+,39-21+. The molecular weight excluding hydrogens is 1060 g/mol. The summed E-state index contributed by atoms with van der Waals surface area (Å²) in [5.41, 5.74) is -0.0251. The van der Waals surface area contributed by atoms with Gasteiger partial charge in [0, 0.05) is 93.6 Å². The predicted octanol–water partition coefficient (Wildman–Crippen LogP) is 5.42. The molecule has 8 N–H and O–H groups in total. The summed E-state index contributed by atoms with van der Waals surface area (Å²) in [6, 6.07) is 0. The van der Waals surface area contributed by atoms with Crippen LogP contribution in [0.15, 0.2) is 59.7 Å². The maximum absolute atomic E-state index is 14.2. The van der Waals surface area contributed by atoms with E-state index >= 15 is 0 Å². The van der Waals surface area contributed by atoms with Gasteiger partial charge >= 0.3 is 5.97 Å². The van der Waals surface area contributed by atoms with E-state index in [9.17, 15) is 50.4 Å². The SMILES string of the molecule is C=C(Cl)/C=C/C(O)CC(=C)CC1OC(C(O)C2(O)CC(O)C(C)C(CCC/C=C/C)O2)C(C)C(OC(=O)CC2CC(O)CC3(CC(C)(O)CC(/C=C4\COC(C(C)C(=O)CC5CC(OC)CC6(CC(O)CCO6)O5)C4C)O3)O2)C1O. The first-order valence-electron chi connectivity index (χ1n) is 29.1. The number of halogens is 1. The van der Waals surface area contributed by atoms with E-state index < -0.39 is 133 Å². The van der Waals surface area contributed by atoms with Crippen molar-refractivity contribution >= 4 is 23.4 Å². The molecule has 2 spiro atoms. The molecule has 0 bridgehead atoms. The molecule has 80 heavy (non-hydrogen) atoms. The van der Waals surface area contributed by atoms with Crippen molar-refractivity contribution in [1.29, 1.82) is 0 Å². The summed E-state index contributed by atoms with van der Waals surface area (Å²) < 4.78 is 56.5. The molecule has 0 aromatic carbocycles. The first-order valence-corrected chi connectivity index (χ1v) is 29.4. The van der Waals surface area contributed by atoms with Crippen LogP contribution in [0.1, 0.15) is 144 Å². The number of Topliss-reactive ketones (excluding diaryl/α,β-unsaturated/α-hetero) is 1. The second kappa shape index (κ2) is 27.7. The Morgan fingerprint density at radius 1 is 0.875 bits per heavy atom. The molecule has 0 aliphatic carbocycles. The normalized spacial score (nSPS) is 43.4. The van der Waals surface area contributed by atoms with Gasteiger partial charge in [0.15, 0.2) is 17.4 Å². The van der Waals surface area contributed by atoms with Crippen LogP contribution < -0.4 is 0 Å². The average Bonchev–Trinajstić information content (AvgIpc) is 3.88. The van der Waals surface area contributed by atoms with Crippen LogP contribution in [0.4, 0.5) is 0 Å². The molecule has 0 saturated carbocycles. The van der Waals surface area contributed by atoms with E-state index in [0.29, 0.717) is 50.7 Å². The number of rotatable bonds is 21. The molecule has 7 aliphatic heterocycles. The number of ether oxygens (including phenoxy) is 9. The Kier molecular flexibility index (Phi) is 22.5. The van der Waals surface area contributed by atoms with Crippen molar-refractivity contribution in [3.05, 3.63) is 59.7 Å². The van der Waals surface area contributed by atoms with Gasteiger partial charge in [-0.25, -0.2) is 0 Å². The molecule has 23 atom stereocenters. The van der Waals surface area contributed by atoms with Gasteiger partial charge in [0.05, 0.1) is 98.5 Å². The first-order chi connectivity index (χ1) is 37.7. The van der Waals surface area contributed by atoms with Crippen LogP contribution in [-0.2, 0) is 52.2 Å². The average molecular weight is 1150 g/mol. The van der Waals surface area contributed by atoms with Gasteiger partial charge in [0.2, 0.25) is 0 Å². The van der Waals surface area contributed by atoms with Gasteiger partial charge < -0.3 is 83.5 Å². The van der Waals surface area contributed by atoms with Crippen LogP contribution in [0.2, 0.25) is 0 Å². The molecule has 7 saturated heterocycles. The number of carbonyl (C=O) groups excluding carboxylic acids is 2. The molecule has 7 aliphatic rings. The minimum Gasteiger partial charge on any atom is -0.459 e. The second-order valence-corrected chi connectivity index (χ2v) is 25.2. The summed E-state index contributed by atoms with van der Waals surface area (Å²) in [6.07, 6.45) is -2.18. The molecule has 0 amide bonds. The third kappa shape index (κ3) is 16.5. The third-order valence-electron chi connectivity index (χ3n) is 17.8. The van der Waals surface area contributed by atoms with E-state index in [1.54, 1.807) is 21.0 Å². The lowest BCUT2D eigenvalue weighted by Gasteiger charge is -2.51. The number of hydrogen-bond donors (Lipinski definition) is 8. The second-order valence-electron chi connectivity index (χ2n) is 24.7. The Morgan fingerprint density at radius 2 is 1.59 bits per heavy atom. The lowest BCUT2D eigenvalue weighted by molar-refractivity contribution is -0.350. The summed E-state index contributed by atoms with van der Waals surface area (Å²) in [6.45, 7) is 19.1. The predicted molar refractivity (Wildman–Crippen MR) is 293 cm³/mol. The van der Waals surface area contributed by atoms with Crippen LogP contribution in [0, 0.1) is 23.7 Å². The number of esters is 1. The minimum atomic E-state index is -2.29. The van der Waals surface area contributed by atoms with Crippen molar-refractivity contribution in [3.63, 3.8) is 0 Å². The number of allylic oxidation sites excluding steroid dienone is 4. The van der Waals surface area contributed by atoms with E-state index in [-0.39, 0.29) is 86.7 Å². The number of hydrogen-bond acceptors (Lipinski definition) is 19. The molecule has 0 radical (unpaired) electrons. The quantitative estimate of drug-likeness (QED) is 0.0308. The van der Waals surface area contributed by atoms with Crippen molar-refractivity contribution < 1.29 is 93.1 Å². The highest BCUT2D eigenvalue weighted by molar-refractivity contribution is 6.30. The smallest absolute Gasteiger partial charge is 0.308 e. The number of aliphatic hydroxyl groups is 8. The van der Waals surface area contributed by atoms with E-state index in [4.69, 9.17) is 54.2 Å². The Balaban J connectivity index is 1.02. The molecule has 7 fully saturated rings. The maximum atomic E-state index is 14.2. The molecule has 0 aromatic rings. The third-order valence-corrected chi connectivity index (χ3v) is 17.9. The Labute approximate surface area is 477 Å². The fraction of sp³-hybridized carbons (Fsp3) is 0.800. The zero-order valence-corrected chi connectivity index (χ0v) is 48.7. The summed E-state index contributed by atoms with van der Waals surface area (Å²) >= 11 is 5.86. The van der Waals surface area contributed by atoms with E-state index in [0.717, 1.165) is 12.0 Å². The first kappa shape index (κ1) is 65.0. The van der Waals surface area contributed by atoms with Crippen LogP contribution in [0.3, 0.4) is 0 Å². The van der Waals surface area contributed by atoms with Crippen LogP contribution in [0.5, 0.6) is 0 Å². The Morgan fingerprint density at radius 3 is 2.29 bits per heavy atom. The summed E-state index contributed by atoms with van der Waals surface area (Å²) in [4.78, 5) is 28.2. The molecule has 7 rings (SSSR count). The van der Waals surface area contributed by atoms with Gasteiger partial charge in [-0.15, -0.1) is 0 Å². The highest BCUT2D eigenvalue weighted by Crippen LogP contribution is 2.47. The number of aliphatic hydroxyl groups excluding tert-OH is 6. The fourth-order valence-electron chi connectivity index (χ4n) is 13.5. The zero-order valence-electron chi connectivity index (χ0n) is 47.9. The van der Waals surface area contributed by atoms with Crippen molar-refractivity contribution in [2.75, 3.05) is 20.3 Å². The summed E-state index contributed by atoms with van der Waals surface area (Å²) in [5, 5.41) is 91.9. The van der Waals surface area contributed by atoms with Crippen molar-refractivity contribution in [3.8, 4) is 0 Å². The molecule has 7 heterocycles. The summed E-state index contributed by atoms with van der Waals surface area (Å²) in [7, 11) is 1.62. The monoisotopic (exact) mass is 1150 g/mol. The highest BCUT2D eigenvalue weighted by atomic mass is 35.5. The van der Waals surface area contributed by atoms with Crippen LogP contribution in [0.25, 0.3) is 0 Å². The number of methoxy groups -OCH3 is 1. The Bertz CT molecular complexity index is 2210. The molecule has 19 nitrogen and oxygen atoms in total. The lowest BCUT2D eigenvalue weighted by Crippen LogP contribution is -2.65. The van der Waals surface area contributed by atoms with Crippen molar-refractivity contribution in [1.82, 2.24) is 0 Å². The number of carbonyl (C=O) groups is 2. The number of unbranched alkanes of at least 4 members (excludes halogenated alkanes) is 1. The van der Waals surface area contributed by atoms with Gasteiger partial charge in [0.1, 0.15) is 24.1 Å². The largest absolute Gasteiger partial charge is 0.459 e. The molecule has 20 heteroatoms. The Hall–Kier alpha value is -2.51. The van der Waals surface area contributed by atoms with E-state index in [2.05, 4.69) is 13.2 Å². The van der Waals surface area contributed by atoms with Gasteiger partial charge in [-0.2, -0.15) is 0 Å². The molecule has 454 valence electrons. The molecule has 0 aromatic heterocycles. The minimum absolute atomic E-state index is 0.00585. The van der Waals surface area contributed by atoms with Crippen molar-refractivity contribution in [2.45, 2.75) is 259 Å². The maximum Gasteiger partial charge on any atom is 0.308 e. The fourth-order valence-corrected chi connectivity index (χ4v) is 13.6. The number of ketones is 1. The van der Waals surface area contributed by atoms with Gasteiger partial charge in [-0.3, -0.25) is 9.59 Å². The van der Waals surface area contributed by atoms with E-state index in [1.165, 1.54) is 12.2 Å². The van der Waals surface area contributed by atoms with Crippen LogP contribution >= 0.6 is 11.6 Å². The highest BCUT2D eigenvalue weighted by Gasteiger charge is 2.57. The zero-order chi connectivity index (χ0) is 58.5. The van der Waals surface area contributed by atoms with E-state index in [1.807, 2.05) is 45.9 Å².